The van der Waals surface area contributed by atoms with Gasteiger partial charge >= 0.3 is 0 Å². The molecule has 0 unspecified atom stereocenters. The molecule has 30 heavy (non-hydrogen) atoms. The fourth-order valence-corrected chi connectivity index (χ4v) is 4.43. The van der Waals surface area contributed by atoms with Crippen molar-refractivity contribution in [2.45, 2.75) is 64.2 Å². The van der Waals surface area contributed by atoms with Gasteiger partial charge in [0.15, 0.2) is 0 Å². The molecular weight excluding hydrogens is 384 g/mol. The molecule has 0 spiro atoms. The molecular formula is C24H46O6. The van der Waals surface area contributed by atoms with Crippen LogP contribution in [0.1, 0.15) is 64.2 Å². The summed E-state index contributed by atoms with van der Waals surface area (Å²) in [4.78, 5) is 0. The zero-order valence-corrected chi connectivity index (χ0v) is 18.6. The van der Waals surface area contributed by atoms with Crippen molar-refractivity contribution in [3.05, 3.63) is 12.2 Å². The quantitative estimate of drug-likeness (QED) is 0.359. The smallest absolute Gasteiger partial charge is 0.0493 e. The second-order valence-electron chi connectivity index (χ2n) is 9.35. The highest BCUT2D eigenvalue weighted by Gasteiger charge is 2.20. The Balaban J connectivity index is 0.000000225. The summed E-state index contributed by atoms with van der Waals surface area (Å²) in [5.74, 6) is 2.74. The molecule has 178 valence electrons. The Bertz CT molecular complexity index is 352. The minimum atomic E-state index is 0.245. The average molecular weight is 431 g/mol. The highest BCUT2D eigenvalue weighted by molar-refractivity contribution is 4.97. The molecule has 2 saturated carbocycles. The molecule has 2 atom stereocenters. The molecule has 0 saturated heterocycles. The van der Waals surface area contributed by atoms with E-state index < -0.39 is 0 Å². The number of hydrogen-bond donors (Lipinski definition) is 6. The molecule has 2 fully saturated rings. The van der Waals surface area contributed by atoms with Gasteiger partial charge in [0.1, 0.15) is 0 Å². The minimum absolute atomic E-state index is 0.245. The Labute approximate surface area is 182 Å². The molecule has 6 N–H and O–H groups in total. The predicted molar refractivity (Wildman–Crippen MR) is 119 cm³/mol. The average Bonchev–Trinajstić information content (AvgIpc) is 2.85. The first-order valence-electron chi connectivity index (χ1n) is 11.9. The molecule has 0 aromatic rings. The summed E-state index contributed by atoms with van der Waals surface area (Å²) in [5, 5.41) is 52.6. The largest absolute Gasteiger partial charge is 0.396 e. The molecule has 3 aliphatic rings. The van der Waals surface area contributed by atoms with Gasteiger partial charge in [0, 0.05) is 39.6 Å². The highest BCUT2D eigenvalue weighted by Crippen LogP contribution is 2.28. The maximum absolute atomic E-state index is 8.79. The molecule has 0 bridgehead atoms. The normalized spacial score (nSPS) is 33.7. The lowest BCUT2D eigenvalue weighted by atomic mass is 9.83. The van der Waals surface area contributed by atoms with Gasteiger partial charge in [0.05, 0.1) is 0 Å². The van der Waals surface area contributed by atoms with Crippen molar-refractivity contribution in [1.29, 1.82) is 0 Å². The van der Waals surface area contributed by atoms with Crippen molar-refractivity contribution in [2.24, 2.45) is 35.5 Å². The van der Waals surface area contributed by atoms with Gasteiger partial charge in [-0.2, -0.15) is 0 Å². The van der Waals surface area contributed by atoms with Crippen LogP contribution in [0.3, 0.4) is 0 Å². The van der Waals surface area contributed by atoms with Crippen LogP contribution in [0.4, 0.5) is 0 Å². The van der Waals surface area contributed by atoms with Crippen molar-refractivity contribution in [2.75, 3.05) is 39.6 Å². The second-order valence-corrected chi connectivity index (χ2v) is 9.35. The van der Waals surface area contributed by atoms with E-state index in [-0.39, 0.29) is 13.2 Å². The zero-order chi connectivity index (χ0) is 22.2. The van der Waals surface area contributed by atoms with Crippen molar-refractivity contribution in [1.82, 2.24) is 0 Å². The van der Waals surface area contributed by atoms with E-state index in [4.69, 9.17) is 30.6 Å². The van der Waals surface area contributed by atoms with Gasteiger partial charge in [-0.15, -0.1) is 0 Å². The van der Waals surface area contributed by atoms with E-state index in [9.17, 15) is 0 Å². The molecule has 0 heterocycles. The lowest BCUT2D eigenvalue weighted by molar-refractivity contribution is 0.131. The number of hydrogen-bond acceptors (Lipinski definition) is 6. The summed E-state index contributed by atoms with van der Waals surface area (Å²) in [6.07, 6.45) is 14.8. The van der Waals surface area contributed by atoms with Crippen LogP contribution in [0, 0.1) is 35.5 Å². The van der Waals surface area contributed by atoms with Crippen molar-refractivity contribution < 1.29 is 30.6 Å². The van der Waals surface area contributed by atoms with Crippen LogP contribution in [-0.4, -0.2) is 70.3 Å². The van der Waals surface area contributed by atoms with Crippen molar-refractivity contribution >= 4 is 0 Å². The summed E-state index contributed by atoms with van der Waals surface area (Å²) in [6.45, 7) is 1.82. The molecule has 0 amide bonds. The van der Waals surface area contributed by atoms with Crippen LogP contribution >= 0.6 is 0 Å². The molecule has 0 aromatic carbocycles. The van der Waals surface area contributed by atoms with Crippen LogP contribution < -0.4 is 0 Å². The van der Waals surface area contributed by atoms with E-state index >= 15 is 0 Å². The number of aliphatic hydroxyl groups excluding tert-OH is 6. The van der Waals surface area contributed by atoms with E-state index in [0.29, 0.717) is 61.9 Å². The fourth-order valence-electron chi connectivity index (χ4n) is 4.43. The maximum atomic E-state index is 8.79. The summed E-state index contributed by atoms with van der Waals surface area (Å²) in [6, 6.07) is 0. The van der Waals surface area contributed by atoms with E-state index in [0.717, 1.165) is 64.2 Å². The van der Waals surface area contributed by atoms with Crippen molar-refractivity contribution in [3.8, 4) is 0 Å². The minimum Gasteiger partial charge on any atom is -0.396 e. The Kier molecular flexibility index (Phi) is 15.7. The third-order valence-corrected chi connectivity index (χ3v) is 7.00. The Morgan fingerprint density at radius 3 is 0.733 bits per heavy atom. The monoisotopic (exact) mass is 430 g/mol. The highest BCUT2D eigenvalue weighted by atomic mass is 16.3. The summed E-state index contributed by atoms with van der Waals surface area (Å²) in [5.41, 5.74) is 0. The first-order chi connectivity index (χ1) is 14.6. The van der Waals surface area contributed by atoms with Gasteiger partial charge in [-0.3, -0.25) is 0 Å². The second kappa shape index (κ2) is 17.1. The van der Waals surface area contributed by atoms with Crippen LogP contribution in [0.2, 0.25) is 0 Å². The van der Waals surface area contributed by atoms with Crippen LogP contribution in [0.25, 0.3) is 0 Å². The third kappa shape index (κ3) is 11.2. The molecule has 0 aliphatic heterocycles. The first-order valence-corrected chi connectivity index (χ1v) is 11.9. The lowest BCUT2D eigenvalue weighted by Gasteiger charge is -2.25. The Morgan fingerprint density at radius 2 is 0.600 bits per heavy atom. The predicted octanol–water partition coefficient (Wildman–Crippen LogP) is 2.11. The van der Waals surface area contributed by atoms with Gasteiger partial charge in [-0.1, -0.05) is 12.2 Å². The van der Waals surface area contributed by atoms with E-state index in [2.05, 4.69) is 0 Å². The maximum Gasteiger partial charge on any atom is 0.0493 e. The molecule has 0 radical (unpaired) electrons. The van der Waals surface area contributed by atoms with Gasteiger partial charge in [-0.25, -0.2) is 0 Å². The van der Waals surface area contributed by atoms with Crippen LogP contribution in [0.5, 0.6) is 0 Å². The van der Waals surface area contributed by atoms with Gasteiger partial charge < -0.3 is 30.6 Å². The molecule has 3 aliphatic carbocycles. The van der Waals surface area contributed by atoms with E-state index in [1.54, 1.807) is 0 Å². The molecule has 6 heteroatoms. The molecule has 3 rings (SSSR count). The summed E-state index contributed by atoms with van der Waals surface area (Å²) < 4.78 is 0. The zero-order valence-electron chi connectivity index (χ0n) is 18.6. The summed E-state index contributed by atoms with van der Waals surface area (Å²) in [7, 11) is 0. The standard InChI is InChI=1S/2C8H16O2.C8H14O2/c3*9-5-7-1-2-8(6-10)4-3-7/h2*7-10H,1-6H2;1-2,7-10H,3-6H2/t;;7-,8+. The SMILES string of the molecule is OCC1CCC(CO)CC1.OCC1CCC(CO)CC1.OC[C@H]1C=C[C@@H](CO)CC1. The Hall–Kier alpha value is -0.500. The van der Waals surface area contributed by atoms with Crippen LogP contribution in [0.15, 0.2) is 12.2 Å². The number of aliphatic hydroxyl groups is 6. The van der Waals surface area contributed by atoms with Gasteiger partial charge in [0.2, 0.25) is 0 Å². The van der Waals surface area contributed by atoms with E-state index in [1.807, 2.05) is 12.2 Å². The topological polar surface area (TPSA) is 121 Å². The van der Waals surface area contributed by atoms with Crippen LogP contribution in [-0.2, 0) is 0 Å². The third-order valence-electron chi connectivity index (χ3n) is 7.00. The van der Waals surface area contributed by atoms with E-state index in [1.165, 1.54) is 0 Å². The molecule has 0 aromatic heterocycles. The number of rotatable bonds is 6. The van der Waals surface area contributed by atoms with Gasteiger partial charge in [0.25, 0.3) is 0 Å². The van der Waals surface area contributed by atoms with Gasteiger partial charge in [-0.05, 0) is 99.7 Å². The first kappa shape index (κ1) is 27.5. The lowest BCUT2D eigenvalue weighted by Crippen LogP contribution is -2.19. The Morgan fingerprint density at radius 1 is 0.367 bits per heavy atom. The molecule has 6 nitrogen and oxygen atoms in total. The summed E-state index contributed by atoms with van der Waals surface area (Å²) >= 11 is 0. The fraction of sp³-hybridized carbons (Fsp3) is 0.917. The van der Waals surface area contributed by atoms with Crippen molar-refractivity contribution in [3.63, 3.8) is 0 Å².